The second-order valence-electron chi connectivity index (χ2n) is 8.73. The molecule has 0 heterocycles. The van der Waals surface area contributed by atoms with Crippen LogP contribution in [0, 0.1) is 0 Å². The van der Waals surface area contributed by atoms with Gasteiger partial charge >= 0.3 is 6.03 Å². The van der Waals surface area contributed by atoms with Crippen LogP contribution in [0.5, 0.6) is 5.75 Å². The predicted molar refractivity (Wildman–Crippen MR) is 120 cm³/mol. The van der Waals surface area contributed by atoms with E-state index in [9.17, 15) is 29.7 Å². The van der Waals surface area contributed by atoms with E-state index in [2.05, 4.69) is 16.0 Å². The molecule has 1 fully saturated rings. The predicted octanol–water partition coefficient (Wildman–Crippen LogP) is -0.0428. The molecular weight excluding hydrogens is 428 g/mol. The highest BCUT2D eigenvalue weighted by atomic mass is 16.3. The van der Waals surface area contributed by atoms with Crippen molar-refractivity contribution in [2.45, 2.75) is 75.3 Å². The summed E-state index contributed by atoms with van der Waals surface area (Å²) in [6.07, 6.45) is 3.86. The lowest BCUT2D eigenvalue weighted by atomic mass is 9.89. The Morgan fingerprint density at radius 2 is 1.70 bits per heavy atom. The molecule has 4 amide bonds. The van der Waals surface area contributed by atoms with E-state index >= 15 is 0 Å². The molecule has 33 heavy (non-hydrogen) atoms. The maximum atomic E-state index is 12.8. The number of nitrogens with two attached hydrogens (primary N) is 1. The highest BCUT2D eigenvalue weighted by molar-refractivity contribution is 5.97. The third-order valence-corrected chi connectivity index (χ3v) is 6.13. The largest absolute Gasteiger partial charge is 0.508 e. The summed E-state index contributed by atoms with van der Waals surface area (Å²) in [5.41, 5.74) is 6.26. The third-order valence-electron chi connectivity index (χ3n) is 6.13. The first-order chi connectivity index (χ1) is 15.7. The van der Waals surface area contributed by atoms with Gasteiger partial charge in [0.05, 0.1) is 12.1 Å². The molecule has 4 atom stereocenters. The van der Waals surface area contributed by atoms with Gasteiger partial charge in [0, 0.05) is 24.5 Å². The number of rotatable bonds is 7. The molecule has 0 saturated heterocycles. The van der Waals surface area contributed by atoms with Crippen molar-refractivity contribution in [1.82, 2.24) is 16.0 Å². The Morgan fingerprint density at radius 1 is 1.03 bits per heavy atom. The fourth-order valence-electron chi connectivity index (χ4n) is 4.23. The Kier molecular flexibility index (Phi) is 8.29. The van der Waals surface area contributed by atoms with Crippen LogP contribution in [0.2, 0.25) is 0 Å². The Morgan fingerprint density at radius 3 is 2.33 bits per heavy atom. The number of carbonyl (C=O) groups excluding carboxylic acids is 3. The Balaban J connectivity index is 1.64. The Labute approximate surface area is 192 Å². The van der Waals surface area contributed by atoms with Crippen LogP contribution in [0.15, 0.2) is 35.9 Å². The molecule has 1 aromatic carbocycles. The first-order valence-electron chi connectivity index (χ1n) is 11.2. The summed E-state index contributed by atoms with van der Waals surface area (Å²) in [5.74, 6) is -1.29. The molecular formula is C23H32N4O6. The van der Waals surface area contributed by atoms with Gasteiger partial charge in [0.15, 0.2) is 0 Å². The number of hydrogen-bond acceptors (Lipinski definition) is 6. The number of aliphatic hydroxyl groups is 2. The second-order valence-corrected chi connectivity index (χ2v) is 8.73. The van der Waals surface area contributed by atoms with E-state index in [1.165, 1.54) is 18.2 Å². The maximum absolute atomic E-state index is 12.8. The molecule has 0 radical (unpaired) electrons. The van der Waals surface area contributed by atoms with Crippen molar-refractivity contribution in [3.05, 3.63) is 41.5 Å². The standard InChI is InChI=1S/C23H32N4O6/c24-21(31)18(10-13-6-8-16(28)9-7-13)26-22(32)14-11-17(20(30)19(29)12-14)27-23(33)25-15-4-2-1-3-5-15/h6-9,11,15,17-20,28-30H,1-5,10,12H2,(H2,24,31)(H,26,32)(H2,25,27,33). The molecule has 4 unspecified atom stereocenters. The summed E-state index contributed by atoms with van der Waals surface area (Å²) in [6.45, 7) is 0. The average Bonchev–Trinajstić information content (AvgIpc) is 2.78. The molecule has 3 rings (SSSR count). The smallest absolute Gasteiger partial charge is 0.315 e. The molecule has 180 valence electrons. The second kappa shape index (κ2) is 11.2. The monoisotopic (exact) mass is 460 g/mol. The molecule has 2 aliphatic rings. The zero-order valence-corrected chi connectivity index (χ0v) is 18.4. The molecule has 1 aromatic rings. The Bertz CT molecular complexity index is 881. The van der Waals surface area contributed by atoms with Crippen LogP contribution in [0.25, 0.3) is 0 Å². The SMILES string of the molecule is NC(=O)C(Cc1ccc(O)cc1)NC(=O)C1=CC(NC(=O)NC2CCCCC2)C(O)C(O)C1. The number of nitrogens with one attached hydrogen (secondary N) is 3. The van der Waals surface area contributed by atoms with Gasteiger partial charge in [0.25, 0.3) is 0 Å². The van der Waals surface area contributed by atoms with Crippen LogP contribution in [0.4, 0.5) is 4.79 Å². The zero-order chi connectivity index (χ0) is 24.0. The highest BCUT2D eigenvalue weighted by Crippen LogP contribution is 2.21. The quantitative estimate of drug-likeness (QED) is 0.300. The van der Waals surface area contributed by atoms with Gasteiger partial charge < -0.3 is 37.0 Å². The number of phenolic OH excluding ortho intramolecular Hbond substituents is 1. The van der Waals surface area contributed by atoms with Crippen molar-refractivity contribution in [3.63, 3.8) is 0 Å². The van der Waals surface area contributed by atoms with Gasteiger partial charge in [-0.1, -0.05) is 37.5 Å². The van der Waals surface area contributed by atoms with E-state index in [-0.39, 0.29) is 30.2 Å². The van der Waals surface area contributed by atoms with Crippen molar-refractivity contribution in [1.29, 1.82) is 0 Å². The van der Waals surface area contributed by atoms with Crippen molar-refractivity contribution in [3.8, 4) is 5.75 Å². The number of aliphatic hydroxyl groups excluding tert-OH is 2. The number of urea groups is 1. The average molecular weight is 461 g/mol. The van der Waals surface area contributed by atoms with Crippen molar-refractivity contribution < 1.29 is 29.7 Å². The van der Waals surface area contributed by atoms with Crippen LogP contribution in [0.3, 0.4) is 0 Å². The van der Waals surface area contributed by atoms with Crippen molar-refractivity contribution in [2.75, 3.05) is 0 Å². The van der Waals surface area contributed by atoms with Gasteiger partial charge in [-0.2, -0.15) is 0 Å². The molecule has 0 bridgehead atoms. The third kappa shape index (κ3) is 6.93. The molecule has 2 aliphatic carbocycles. The molecule has 0 spiro atoms. The van der Waals surface area contributed by atoms with E-state index in [1.807, 2.05) is 0 Å². The molecule has 10 heteroatoms. The summed E-state index contributed by atoms with van der Waals surface area (Å²) >= 11 is 0. The van der Waals surface area contributed by atoms with Gasteiger partial charge in [-0.05, 0) is 30.5 Å². The van der Waals surface area contributed by atoms with E-state index in [4.69, 9.17) is 5.73 Å². The normalized spacial score (nSPS) is 24.3. The van der Waals surface area contributed by atoms with Gasteiger partial charge in [-0.3, -0.25) is 9.59 Å². The fraction of sp³-hybridized carbons (Fsp3) is 0.522. The van der Waals surface area contributed by atoms with Crippen LogP contribution < -0.4 is 21.7 Å². The van der Waals surface area contributed by atoms with Gasteiger partial charge in [-0.25, -0.2) is 4.79 Å². The number of amides is 4. The van der Waals surface area contributed by atoms with Crippen molar-refractivity contribution >= 4 is 17.8 Å². The highest BCUT2D eigenvalue weighted by Gasteiger charge is 2.34. The van der Waals surface area contributed by atoms with Crippen LogP contribution >= 0.6 is 0 Å². The van der Waals surface area contributed by atoms with E-state index in [0.29, 0.717) is 5.56 Å². The molecule has 0 aromatic heterocycles. The Hall–Kier alpha value is -3.11. The number of carbonyl (C=O) groups is 3. The van der Waals surface area contributed by atoms with Gasteiger partial charge in [-0.15, -0.1) is 0 Å². The summed E-state index contributed by atoms with van der Waals surface area (Å²) in [6, 6.07) is 3.75. The minimum absolute atomic E-state index is 0.0624. The minimum atomic E-state index is -1.28. The van der Waals surface area contributed by atoms with E-state index < -0.39 is 42.1 Å². The van der Waals surface area contributed by atoms with E-state index in [1.54, 1.807) is 12.1 Å². The summed E-state index contributed by atoms with van der Waals surface area (Å²) in [4.78, 5) is 37.1. The zero-order valence-electron chi connectivity index (χ0n) is 18.4. The fourth-order valence-corrected chi connectivity index (χ4v) is 4.23. The molecule has 1 saturated carbocycles. The van der Waals surface area contributed by atoms with Crippen LogP contribution in [0.1, 0.15) is 44.1 Å². The lowest BCUT2D eigenvalue weighted by Crippen LogP contribution is -2.55. The molecule has 10 nitrogen and oxygen atoms in total. The topological polar surface area (TPSA) is 174 Å². The van der Waals surface area contributed by atoms with Gasteiger partial charge in [0.2, 0.25) is 11.8 Å². The number of benzene rings is 1. The number of hydrogen-bond donors (Lipinski definition) is 7. The molecule has 8 N–H and O–H groups in total. The lowest BCUT2D eigenvalue weighted by Gasteiger charge is -2.32. The summed E-state index contributed by atoms with van der Waals surface area (Å²) < 4.78 is 0. The lowest BCUT2D eigenvalue weighted by molar-refractivity contribution is -0.125. The number of primary amides is 1. The first kappa shape index (κ1) is 24.5. The molecule has 0 aliphatic heterocycles. The van der Waals surface area contributed by atoms with Crippen LogP contribution in [-0.4, -0.2) is 63.5 Å². The minimum Gasteiger partial charge on any atom is -0.508 e. The van der Waals surface area contributed by atoms with E-state index in [0.717, 1.165) is 32.1 Å². The summed E-state index contributed by atoms with van der Waals surface area (Å²) in [5, 5.41) is 38.0. The van der Waals surface area contributed by atoms with Crippen molar-refractivity contribution in [2.24, 2.45) is 5.73 Å². The first-order valence-corrected chi connectivity index (χ1v) is 11.2. The number of aromatic hydroxyl groups is 1. The summed E-state index contributed by atoms with van der Waals surface area (Å²) in [7, 11) is 0. The van der Waals surface area contributed by atoms with Gasteiger partial charge in [0.1, 0.15) is 17.9 Å². The number of phenols is 1. The maximum Gasteiger partial charge on any atom is 0.315 e. The van der Waals surface area contributed by atoms with Crippen LogP contribution in [-0.2, 0) is 16.0 Å².